The smallest absolute Gasteiger partial charge is 0.0589 e. The van der Waals surface area contributed by atoms with Crippen molar-refractivity contribution in [2.45, 2.75) is 59.0 Å². The van der Waals surface area contributed by atoms with Gasteiger partial charge >= 0.3 is 0 Å². The summed E-state index contributed by atoms with van der Waals surface area (Å²) >= 11 is 0. The summed E-state index contributed by atoms with van der Waals surface area (Å²) in [6, 6.07) is 1.30. The van der Waals surface area contributed by atoms with Gasteiger partial charge in [0.15, 0.2) is 0 Å². The minimum atomic E-state index is 0.652. The highest BCUT2D eigenvalue weighted by molar-refractivity contribution is 4.73. The average molecular weight is 244 g/mol. The molecular formula is C14H32N2O. The molecule has 0 heterocycles. The van der Waals surface area contributed by atoms with E-state index < -0.39 is 0 Å². The second-order valence-corrected chi connectivity index (χ2v) is 4.83. The van der Waals surface area contributed by atoms with Gasteiger partial charge in [-0.05, 0) is 46.2 Å². The Balaban J connectivity index is 3.98. The van der Waals surface area contributed by atoms with Gasteiger partial charge in [0.2, 0.25) is 0 Å². The summed E-state index contributed by atoms with van der Waals surface area (Å²) in [4.78, 5) is 2.58. The van der Waals surface area contributed by atoms with Gasteiger partial charge in [-0.15, -0.1) is 0 Å². The molecule has 0 saturated carbocycles. The van der Waals surface area contributed by atoms with E-state index in [9.17, 15) is 0 Å². The van der Waals surface area contributed by atoms with Crippen molar-refractivity contribution in [3.8, 4) is 0 Å². The molecule has 0 radical (unpaired) electrons. The van der Waals surface area contributed by atoms with Gasteiger partial charge in [-0.1, -0.05) is 13.8 Å². The molecule has 0 fully saturated rings. The van der Waals surface area contributed by atoms with Crippen molar-refractivity contribution in [1.29, 1.82) is 0 Å². The van der Waals surface area contributed by atoms with Gasteiger partial charge in [0.1, 0.15) is 0 Å². The maximum Gasteiger partial charge on any atom is 0.0589 e. The van der Waals surface area contributed by atoms with Crippen LogP contribution >= 0.6 is 0 Å². The molecule has 1 N–H and O–H groups in total. The second kappa shape index (κ2) is 11.0. The summed E-state index contributed by atoms with van der Waals surface area (Å²) < 4.78 is 5.21. The highest BCUT2D eigenvalue weighted by atomic mass is 16.5. The van der Waals surface area contributed by atoms with E-state index in [4.69, 9.17) is 4.74 Å². The van der Waals surface area contributed by atoms with Crippen molar-refractivity contribution in [1.82, 2.24) is 10.2 Å². The molecule has 0 aromatic heterocycles. The second-order valence-electron chi connectivity index (χ2n) is 4.83. The molecule has 3 nitrogen and oxygen atoms in total. The molecule has 104 valence electrons. The fourth-order valence-corrected chi connectivity index (χ4v) is 2.17. The molecule has 0 saturated heterocycles. The standard InChI is InChI=1S/C14H32N2O/c1-6-13(3)16(11-12-17-5)14(4)9-8-10-15-7-2/h13-15H,6-12H2,1-5H3. The molecule has 0 bridgehead atoms. The van der Waals surface area contributed by atoms with Gasteiger partial charge in [0.25, 0.3) is 0 Å². The zero-order chi connectivity index (χ0) is 13.1. The summed E-state index contributed by atoms with van der Waals surface area (Å²) in [6.07, 6.45) is 3.73. The van der Waals surface area contributed by atoms with Crippen molar-refractivity contribution in [2.24, 2.45) is 0 Å². The summed E-state index contributed by atoms with van der Waals surface area (Å²) in [5.74, 6) is 0. The number of nitrogens with one attached hydrogen (secondary N) is 1. The number of rotatable bonds is 11. The van der Waals surface area contributed by atoms with Gasteiger partial charge in [0, 0.05) is 25.7 Å². The molecule has 0 amide bonds. The van der Waals surface area contributed by atoms with Gasteiger partial charge in [-0.2, -0.15) is 0 Å². The molecule has 0 spiro atoms. The van der Waals surface area contributed by atoms with E-state index in [1.807, 2.05) is 0 Å². The first-order valence-electron chi connectivity index (χ1n) is 7.12. The van der Waals surface area contributed by atoms with Gasteiger partial charge in [-0.3, -0.25) is 4.90 Å². The third-order valence-corrected chi connectivity index (χ3v) is 3.50. The fraction of sp³-hybridized carbons (Fsp3) is 1.00. The zero-order valence-electron chi connectivity index (χ0n) is 12.5. The van der Waals surface area contributed by atoms with Crippen LogP contribution in [0.15, 0.2) is 0 Å². The van der Waals surface area contributed by atoms with Crippen LogP contribution in [0.25, 0.3) is 0 Å². The lowest BCUT2D eigenvalue weighted by atomic mass is 10.1. The van der Waals surface area contributed by atoms with E-state index >= 15 is 0 Å². The summed E-state index contributed by atoms with van der Waals surface area (Å²) in [6.45, 7) is 13.2. The molecular weight excluding hydrogens is 212 g/mol. The first-order valence-corrected chi connectivity index (χ1v) is 7.12. The molecule has 17 heavy (non-hydrogen) atoms. The lowest BCUT2D eigenvalue weighted by molar-refractivity contribution is 0.0899. The molecule has 0 aliphatic heterocycles. The Kier molecular flexibility index (Phi) is 10.9. The SMILES string of the molecule is CCNCCCC(C)N(CCOC)C(C)CC. The van der Waals surface area contributed by atoms with Gasteiger partial charge in [-0.25, -0.2) is 0 Å². The molecule has 0 aliphatic carbocycles. The Labute approximate surface area is 108 Å². The quantitative estimate of drug-likeness (QED) is 0.565. The monoisotopic (exact) mass is 244 g/mol. The average Bonchev–Trinajstić information content (AvgIpc) is 2.34. The van der Waals surface area contributed by atoms with E-state index in [0.29, 0.717) is 12.1 Å². The molecule has 0 aliphatic rings. The number of methoxy groups -OCH3 is 1. The normalized spacial score (nSPS) is 15.2. The van der Waals surface area contributed by atoms with Gasteiger partial charge in [0.05, 0.1) is 6.61 Å². The van der Waals surface area contributed by atoms with Crippen LogP contribution < -0.4 is 5.32 Å². The third kappa shape index (κ3) is 7.74. The Morgan fingerprint density at radius 3 is 2.41 bits per heavy atom. The minimum absolute atomic E-state index is 0.652. The number of hydrogen-bond acceptors (Lipinski definition) is 3. The molecule has 2 unspecified atom stereocenters. The van der Waals surface area contributed by atoms with Gasteiger partial charge < -0.3 is 10.1 Å². The predicted molar refractivity (Wildman–Crippen MR) is 75.6 cm³/mol. The van der Waals surface area contributed by atoms with Crippen molar-refractivity contribution < 1.29 is 4.74 Å². The van der Waals surface area contributed by atoms with Crippen LogP contribution in [0.3, 0.4) is 0 Å². The van der Waals surface area contributed by atoms with Crippen LogP contribution in [0.1, 0.15) is 47.0 Å². The van der Waals surface area contributed by atoms with Crippen LogP contribution in [-0.4, -0.2) is 50.3 Å². The van der Waals surface area contributed by atoms with E-state index in [1.165, 1.54) is 19.3 Å². The Hall–Kier alpha value is -0.120. The van der Waals surface area contributed by atoms with Crippen LogP contribution in [0.5, 0.6) is 0 Å². The number of ether oxygens (including phenoxy) is 1. The first-order chi connectivity index (χ1) is 8.17. The first kappa shape index (κ1) is 16.9. The zero-order valence-corrected chi connectivity index (χ0v) is 12.5. The van der Waals surface area contributed by atoms with Crippen LogP contribution in [0.4, 0.5) is 0 Å². The lowest BCUT2D eigenvalue weighted by Gasteiger charge is -2.34. The summed E-state index contributed by atoms with van der Waals surface area (Å²) in [7, 11) is 1.78. The number of hydrogen-bond donors (Lipinski definition) is 1. The molecule has 2 atom stereocenters. The highest BCUT2D eigenvalue weighted by Gasteiger charge is 2.17. The highest BCUT2D eigenvalue weighted by Crippen LogP contribution is 2.12. The van der Waals surface area contributed by atoms with Crippen LogP contribution in [0, 0.1) is 0 Å². The minimum Gasteiger partial charge on any atom is -0.383 e. The Morgan fingerprint density at radius 2 is 1.88 bits per heavy atom. The fourth-order valence-electron chi connectivity index (χ4n) is 2.17. The maximum atomic E-state index is 5.21. The largest absolute Gasteiger partial charge is 0.383 e. The van der Waals surface area contributed by atoms with Crippen molar-refractivity contribution in [2.75, 3.05) is 33.4 Å². The Bertz CT molecular complexity index is 164. The molecule has 0 rings (SSSR count). The van der Waals surface area contributed by atoms with Crippen molar-refractivity contribution in [3.63, 3.8) is 0 Å². The topological polar surface area (TPSA) is 24.5 Å². The van der Waals surface area contributed by atoms with E-state index in [0.717, 1.165) is 26.2 Å². The molecule has 0 aromatic rings. The van der Waals surface area contributed by atoms with Crippen LogP contribution in [-0.2, 0) is 4.74 Å². The third-order valence-electron chi connectivity index (χ3n) is 3.50. The maximum absolute atomic E-state index is 5.21. The van der Waals surface area contributed by atoms with E-state index in [-0.39, 0.29) is 0 Å². The summed E-state index contributed by atoms with van der Waals surface area (Å²) in [5.41, 5.74) is 0. The summed E-state index contributed by atoms with van der Waals surface area (Å²) in [5, 5.41) is 3.39. The molecule has 3 heteroatoms. The van der Waals surface area contributed by atoms with E-state index in [1.54, 1.807) is 7.11 Å². The molecule has 0 aromatic carbocycles. The lowest BCUT2D eigenvalue weighted by Crippen LogP contribution is -2.42. The van der Waals surface area contributed by atoms with Crippen molar-refractivity contribution in [3.05, 3.63) is 0 Å². The van der Waals surface area contributed by atoms with Crippen LogP contribution in [0.2, 0.25) is 0 Å². The van der Waals surface area contributed by atoms with E-state index in [2.05, 4.69) is 37.9 Å². The number of nitrogens with zero attached hydrogens (tertiary/aromatic N) is 1. The van der Waals surface area contributed by atoms with Crippen molar-refractivity contribution >= 4 is 0 Å². The predicted octanol–water partition coefficient (Wildman–Crippen LogP) is 2.51. The Morgan fingerprint density at radius 1 is 1.18 bits per heavy atom.